The van der Waals surface area contributed by atoms with Crippen LogP contribution in [0.25, 0.3) is 0 Å². The van der Waals surface area contributed by atoms with Crippen molar-refractivity contribution in [3.8, 4) is 6.07 Å². The average molecular weight is 437 g/mol. The number of piperidine rings is 1. The number of hydrogen-bond donors (Lipinski definition) is 2. The fourth-order valence-electron chi connectivity index (χ4n) is 5.90. The van der Waals surface area contributed by atoms with Crippen molar-refractivity contribution in [2.75, 3.05) is 13.1 Å². The number of nitrogens with two attached hydrogens (primary N) is 2. The maximum absolute atomic E-state index is 13.2. The molecule has 3 aliphatic heterocycles. The molecule has 3 heterocycles. The second-order valence-electron chi connectivity index (χ2n) is 9.56. The highest BCUT2D eigenvalue weighted by Crippen LogP contribution is 2.48. The first-order chi connectivity index (χ1) is 15.3. The van der Waals surface area contributed by atoms with E-state index >= 15 is 0 Å². The summed E-state index contributed by atoms with van der Waals surface area (Å²) in [5.41, 5.74) is 13.0. The molecule has 2 bridgehead atoms. The molecular weight excluding hydrogens is 408 g/mol. The lowest BCUT2D eigenvalue weighted by Crippen LogP contribution is -2.57. The average Bonchev–Trinajstić information content (AvgIpc) is 3.11. The van der Waals surface area contributed by atoms with Crippen LogP contribution in [0.15, 0.2) is 24.3 Å². The summed E-state index contributed by atoms with van der Waals surface area (Å²) >= 11 is 0. The molecule has 4 aliphatic rings. The first-order valence-corrected chi connectivity index (χ1v) is 11.2. The third-order valence-electron chi connectivity index (χ3n) is 7.67. The molecule has 4 fully saturated rings. The molecule has 0 aromatic heterocycles. The number of piperazine rings is 1. The minimum absolute atomic E-state index is 0.0470. The van der Waals surface area contributed by atoms with E-state index in [1.807, 2.05) is 28.9 Å². The maximum atomic E-state index is 13.2. The van der Waals surface area contributed by atoms with Crippen molar-refractivity contribution in [3.63, 3.8) is 0 Å². The SMILES string of the molecule is C[C@H](c1ccc(C(N)=O)cc1)N1C(=O)[C@H]2CC1CN2C[C@H](N)C(=O)N1[C@H](C#N)C[C@@H]2C[C@@H]21. The summed E-state index contributed by atoms with van der Waals surface area (Å²) < 4.78 is 0. The van der Waals surface area contributed by atoms with E-state index in [4.69, 9.17) is 11.5 Å². The summed E-state index contributed by atoms with van der Waals surface area (Å²) in [6.07, 6.45) is 2.44. The summed E-state index contributed by atoms with van der Waals surface area (Å²) in [4.78, 5) is 43.0. The van der Waals surface area contributed by atoms with Crippen molar-refractivity contribution >= 4 is 17.7 Å². The number of rotatable bonds is 6. The van der Waals surface area contributed by atoms with E-state index in [9.17, 15) is 19.6 Å². The van der Waals surface area contributed by atoms with Crippen LogP contribution >= 0.6 is 0 Å². The first kappa shape index (κ1) is 20.9. The van der Waals surface area contributed by atoms with Gasteiger partial charge in [0.05, 0.1) is 24.2 Å². The number of carbonyl (C=O) groups is 3. The summed E-state index contributed by atoms with van der Waals surface area (Å²) in [6, 6.07) is 8.01. The van der Waals surface area contributed by atoms with E-state index in [0.29, 0.717) is 24.6 Å². The van der Waals surface area contributed by atoms with Crippen molar-refractivity contribution in [1.82, 2.24) is 14.7 Å². The van der Waals surface area contributed by atoms with E-state index in [1.165, 1.54) is 0 Å². The van der Waals surface area contributed by atoms with Crippen LogP contribution in [-0.4, -0.2) is 75.7 Å². The van der Waals surface area contributed by atoms with Gasteiger partial charge >= 0.3 is 0 Å². The number of likely N-dealkylation sites (tertiary alicyclic amines) is 3. The van der Waals surface area contributed by atoms with Crippen LogP contribution in [0.2, 0.25) is 0 Å². The van der Waals surface area contributed by atoms with Crippen molar-refractivity contribution < 1.29 is 14.4 Å². The van der Waals surface area contributed by atoms with Crippen molar-refractivity contribution in [3.05, 3.63) is 35.4 Å². The molecule has 0 spiro atoms. The molecule has 1 aromatic rings. The van der Waals surface area contributed by atoms with Gasteiger partial charge in [0.2, 0.25) is 17.7 Å². The summed E-state index contributed by atoms with van der Waals surface area (Å²) in [7, 11) is 0. The standard InChI is InChI=1S/C23H28N6O3/c1-12(13-2-4-14(5-3-13)21(26)30)28-17-8-20(23(28)32)27(10-17)11-18(25)22(31)29-16(9-24)6-15-7-19(15)29/h2-5,12,15-20H,6-8,10-11,25H2,1H3,(H2,26,30)/t12-,15-,16+,17?,18+,19+,20-/m1/s1. The van der Waals surface area contributed by atoms with Gasteiger partial charge in [-0.2, -0.15) is 5.26 Å². The third-order valence-corrected chi connectivity index (χ3v) is 7.67. The lowest BCUT2D eigenvalue weighted by molar-refractivity contribution is -0.141. The molecule has 7 atom stereocenters. The molecule has 9 heteroatoms. The van der Waals surface area contributed by atoms with Gasteiger partial charge in [0.15, 0.2) is 0 Å². The van der Waals surface area contributed by atoms with Gasteiger partial charge < -0.3 is 21.3 Å². The Morgan fingerprint density at radius 3 is 2.56 bits per heavy atom. The highest BCUT2D eigenvalue weighted by molar-refractivity contribution is 5.92. The van der Waals surface area contributed by atoms with Gasteiger partial charge in [-0.1, -0.05) is 12.1 Å². The predicted molar refractivity (Wildman–Crippen MR) is 115 cm³/mol. The molecule has 1 aromatic carbocycles. The van der Waals surface area contributed by atoms with Crippen LogP contribution < -0.4 is 11.5 Å². The van der Waals surface area contributed by atoms with Gasteiger partial charge in [0.25, 0.3) is 0 Å². The Hall–Kier alpha value is -2.96. The number of hydrogen-bond acceptors (Lipinski definition) is 6. The van der Waals surface area contributed by atoms with E-state index < -0.39 is 11.9 Å². The summed E-state index contributed by atoms with van der Waals surface area (Å²) in [6.45, 7) is 2.99. The maximum Gasteiger partial charge on any atom is 0.248 e. The molecule has 4 N–H and O–H groups in total. The number of nitriles is 1. The van der Waals surface area contributed by atoms with Crippen molar-refractivity contribution in [2.24, 2.45) is 17.4 Å². The molecule has 0 radical (unpaired) electrons. The second kappa shape index (κ2) is 7.57. The predicted octanol–water partition coefficient (Wildman–Crippen LogP) is -0.0281. The van der Waals surface area contributed by atoms with E-state index in [1.54, 1.807) is 17.0 Å². The quantitative estimate of drug-likeness (QED) is 0.643. The topological polar surface area (TPSA) is 137 Å². The number of amides is 3. The fraction of sp³-hybridized carbons (Fsp3) is 0.565. The molecular formula is C23H28N6O3. The molecule has 1 aliphatic carbocycles. The number of primary amides is 1. The summed E-state index contributed by atoms with van der Waals surface area (Å²) in [5, 5.41) is 9.36. The zero-order chi connectivity index (χ0) is 22.7. The zero-order valence-electron chi connectivity index (χ0n) is 18.1. The third kappa shape index (κ3) is 3.26. The fourth-order valence-corrected chi connectivity index (χ4v) is 5.90. The van der Waals surface area contributed by atoms with Gasteiger partial charge in [0.1, 0.15) is 6.04 Å². The molecule has 1 unspecified atom stereocenters. The molecule has 3 amide bonds. The monoisotopic (exact) mass is 436 g/mol. The Labute approximate surface area is 186 Å². The smallest absolute Gasteiger partial charge is 0.248 e. The van der Waals surface area contributed by atoms with Gasteiger partial charge in [-0.05, 0) is 49.8 Å². The minimum atomic E-state index is -0.732. The van der Waals surface area contributed by atoms with Gasteiger partial charge in [-0.15, -0.1) is 0 Å². The first-order valence-electron chi connectivity index (χ1n) is 11.2. The van der Waals surface area contributed by atoms with Crippen LogP contribution in [0, 0.1) is 17.2 Å². The highest BCUT2D eigenvalue weighted by Gasteiger charge is 2.56. The van der Waals surface area contributed by atoms with Crippen LogP contribution in [0.1, 0.15) is 48.1 Å². The number of fused-ring (bicyclic) bond motifs is 3. The molecule has 168 valence electrons. The molecule has 9 nitrogen and oxygen atoms in total. The highest BCUT2D eigenvalue weighted by atomic mass is 16.2. The lowest BCUT2D eigenvalue weighted by Gasteiger charge is -2.38. The Bertz CT molecular complexity index is 1000. The van der Waals surface area contributed by atoms with Crippen LogP contribution in [0.3, 0.4) is 0 Å². The van der Waals surface area contributed by atoms with Crippen LogP contribution in [0.5, 0.6) is 0 Å². The van der Waals surface area contributed by atoms with Gasteiger partial charge in [0, 0.05) is 30.7 Å². The van der Waals surface area contributed by atoms with Crippen molar-refractivity contribution in [1.29, 1.82) is 5.26 Å². The Morgan fingerprint density at radius 2 is 1.94 bits per heavy atom. The van der Waals surface area contributed by atoms with E-state index in [-0.39, 0.29) is 42.0 Å². The van der Waals surface area contributed by atoms with Crippen LogP contribution in [-0.2, 0) is 9.59 Å². The normalized spacial score (nSPS) is 32.5. The lowest BCUT2D eigenvalue weighted by atomic mass is 10.0. The Balaban J connectivity index is 1.22. The van der Waals surface area contributed by atoms with E-state index in [0.717, 1.165) is 24.8 Å². The zero-order valence-corrected chi connectivity index (χ0v) is 18.1. The molecule has 32 heavy (non-hydrogen) atoms. The summed E-state index contributed by atoms with van der Waals surface area (Å²) in [5.74, 6) is -0.149. The van der Waals surface area contributed by atoms with Gasteiger partial charge in [-0.3, -0.25) is 19.3 Å². The number of nitrogens with zero attached hydrogens (tertiary/aromatic N) is 4. The van der Waals surface area contributed by atoms with Crippen LogP contribution in [0.4, 0.5) is 0 Å². The van der Waals surface area contributed by atoms with Crippen molar-refractivity contribution in [2.45, 2.75) is 62.4 Å². The van der Waals surface area contributed by atoms with E-state index in [2.05, 4.69) is 6.07 Å². The minimum Gasteiger partial charge on any atom is -0.366 e. The molecule has 1 saturated carbocycles. The number of carbonyl (C=O) groups excluding carboxylic acids is 3. The Kier molecular flexibility index (Phi) is 4.95. The second-order valence-corrected chi connectivity index (χ2v) is 9.56. The largest absolute Gasteiger partial charge is 0.366 e. The molecule has 3 saturated heterocycles. The number of benzene rings is 1. The Morgan fingerprint density at radius 1 is 1.22 bits per heavy atom. The molecule has 5 rings (SSSR count). The van der Waals surface area contributed by atoms with Gasteiger partial charge in [-0.25, -0.2) is 0 Å².